The van der Waals surface area contributed by atoms with Gasteiger partial charge in [0.15, 0.2) is 0 Å². The number of hydrogen-bond donors (Lipinski definition) is 1. The second-order valence-corrected chi connectivity index (χ2v) is 12.3. The summed E-state index contributed by atoms with van der Waals surface area (Å²) < 4.78 is 7.77. The fraction of sp³-hybridized carbons (Fsp3) is 0.625. The number of carbonyl (C=O) groups is 1. The van der Waals surface area contributed by atoms with Gasteiger partial charge in [0.1, 0.15) is 12.6 Å². The van der Waals surface area contributed by atoms with Gasteiger partial charge in [-0.3, -0.25) is 0 Å². The van der Waals surface area contributed by atoms with Crippen LogP contribution in [0, 0.1) is 0 Å². The van der Waals surface area contributed by atoms with Crippen LogP contribution >= 0.6 is 0 Å². The fourth-order valence-electron chi connectivity index (χ4n) is 1.94. The molecule has 0 saturated heterocycles. The Morgan fingerprint density at radius 3 is 2.77 bits per heavy atom. The Morgan fingerprint density at radius 2 is 2.18 bits per heavy atom. The van der Waals surface area contributed by atoms with Gasteiger partial charge in [-0.05, 0) is 18.5 Å². The van der Waals surface area contributed by atoms with E-state index in [1.807, 2.05) is 4.57 Å². The summed E-state index contributed by atoms with van der Waals surface area (Å²) in [5.41, 5.74) is 0.779. The van der Waals surface area contributed by atoms with E-state index in [0.717, 1.165) is 49.5 Å². The molecule has 0 fully saturated rings. The summed E-state index contributed by atoms with van der Waals surface area (Å²) in [6, 6.07) is 1.12. The van der Waals surface area contributed by atoms with Crippen LogP contribution in [0.5, 0.6) is 0 Å². The van der Waals surface area contributed by atoms with Crippen molar-refractivity contribution >= 4 is 20.1 Å². The molecule has 5 nitrogen and oxygen atoms in total. The molecule has 0 amide bonds. The van der Waals surface area contributed by atoms with E-state index < -0.39 is 14.0 Å². The van der Waals surface area contributed by atoms with E-state index >= 15 is 0 Å². The normalized spacial score (nSPS) is 12.2. The zero-order chi connectivity index (χ0) is 16.6. The van der Waals surface area contributed by atoms with E-state index in [2.05, 4.69) is 31.5 Å². The lowest BCUT2D eigenvalue weighted by atomic mass is 10.2. The highest BCUT2D eigenvalue weighted by molar-refractivity contribution is 6.76. The Labute approximate surface area is 134 Å². The molecule has 22 heavy (non-hydrogen) atoms. The molecular formula is C16H28N2O3Si. The second kappa shape index (κ2) is 8.90. The Kier molecular flexibility index (Phi) is 7.54. The molecule has 1 N–H and O–H groups in total. The van der Waals surface area contributed by atoms with E-state index in [1.54, 1.807) is 12.3 Å². The molecule has 0 saturated carbocycles. The number of aryl methyl sites for hydroxylation is 1. The molecule has 1 aromatic heterocycles. The molecule has 0 unspecified atom stereocenters. The third-order valence-electron chi connectivity index (χ3n) is 3.34. The van der Waals surface area contributed by atoms with Gasteiger partial charge < -0.3 is 14.4 Å². The van der Waals surface area contributed by atoms with Crippen molar-refractivity contribution in [2.75, 3.05) is 6.61 Å². The summed E-state index contributed by atoms with van der Waals surface area (Å²) in [4.78, 5) is 15.1. The number of carboxylic acid groups (broad SMARTS) is 1. The topological polar surface area (TPSA) is 64.3 Å². The molecule has 0 aliphatic rings. The Bertz CT molecular complexity index is 504. The number of ether oxygens (including phenoxy) is 1. The lowest BCUT2D eigenvalue weighted by molar-refractivity contribution is -0.131. The summed E-state index contributed by atoms with van der Waals surface area (Å²) in [5.74, 6) is 0.00222. The summed E-state index contributed by atoms with van der Waals surface area (Å²) >= 11 is 0. The van der Waals surface area contributed by atoms with Crippen molar-refractivity contribution < 1.29 is 14.6 Å². The third kappa shape index (κ3) is 7.04. The van der Waals surface area contributed by atoms with Gasteiger partial charge in [0.05, 0.1) is 11.9 Å². The first-order valence-corrected chi connectivity index (χ1v) is 11.6. The number of aromatic nitrogens is 2. The van der Waals surface area contributed by atoms with Crippen LogP contribution in [-0.2, 0) is 22.7 Å². The maximum Gasteiger partial charge on any atom is 0.328 e. The highest BCUT2D eigenvalue weighted by Gasteiger charge is 2.13. The summed E-state index contributed by atoms with van der Waals surface area (Å²) in [5, 5.41) is 8.77. The Morgan fingerprint density at radius 1 is 1.45 bits per heavy atom. The average Bonchev–Trinajstić information content (AvgIpc) is 2.80. The number of carboxylic acids is 1. The summed E-state index contributed by atoms with van der Waals surface area (Å²) in [6.45, 7) is 10.3. The standard InChI is InChI=1S/C16H28N2O3Si/c1-5-6-7-15-17-12-14(8-9-16(19)20)18(15)13-21-10-11-22(2,3)4/h8-9,12H,5-7,10-11,13H2,1-4H3,(H,19,20). The smallest absolute Gasteiger partial charge is 0.328 e. The molecule has 6 heteroatoms. The molecule has 0 atom stereocenters. The van der Waals surface area contributed by atoms with Crippen molar-refractivity contribution in [3.63, 3.8) is 0 Å². The van der Waals surface area contributed by atoms with E-state index in [4.69, 9.17) is 9.84 Å². The first-order chi connectivity index (χ1) is 10.3. The molecule has 0 aromatic carbocycles. The van der Waals surface area contributed by atoms with Gasteiger partial charge in [-0.2, -0.15) is 0 Å². The Balaban J connectivity index is 2.73. The zero-order valence-corrected chi connectivity index (χ0v) is 15.1. The van der Waals surface area contributed by atoms with Crippen LogP contribution in [0.3, 0.4) is 0 Å². The maximum atomic E-state index is 10.7. The van der Waals surface area contributed by atoms with Crippen molar-refractivity contribution in [2.45, 2.75) is 58.6 Å². The van der Waals surface area contributed by atoms with Crippen LogP contribution in [0.1, 0.15) is 31.3 Å². The largest absolute Gasteiger partial charge is 0.478 e. The van der Waals surface area contributed by atoms with Crippen molar-refractivity contribution in [3.8, 4) is 0 Å². The van der Waals surface area contributed by atoms with Crippen LogP contribution in [0.25, 0.3) is 6.08 Å². The van der Waals surface area contributed by atoms with E-state index in [0.29, 0.717) is 6.73 Å². The predicted molar refractivity (Wildman–Crippen MR) is 91.6 cm³/mol. The van der Waals surface area contributed by atoms with Gasteiger partial charge in [0.25, 0.3) is 0 Å². The molecule has 0 bridgehead atoms. The monoisotopic (exact) mass is 324 g/mol. The highest BCUT2D eigenvalue weighted by atomic mass is 28.3. The molecule has 1 rings (SSSR count). The van der Waals surface area contributed by atoms with Crippen molar-refractivity contribution in [1.29, 1.82) is 0 Å². The second-order valence-electron chi connectivity index (χ2n) is 6.65. The van der Waals surface area contributed by atoms with Crippen LogP contribution in [-0.4, -0.2) is 35.3 Å². The van der Waals surface area contributed by atoms with Gasteiger partial charge in [0, 0.05) is 27.2 Å². The molecular weight excluding hydrogens is 296 g/mol. The lowest BCUT2D eigenvalue weighted by Gasteiger charge is -2.16. The first-order valence-electron chi connectivity index (χ1n) is 7.86. The third-order valence-corrected chi connectivity index (χ3v) is 5.04. The van der Waals surface area contributed by atoms with Crippen LogP contribution in [0.2, 0.25) is 25.7 Å². The first kappa shape index (κ1) is 18.6. The number of hydrogen-bond acceptors (Lipinski definition) is 3. The van der Waals surface area contributed by atoms with Gasteiger partial charge in [-0.1, -0.05) is 33.0 Å². The van der Waals surface area contributed by atoms with Crippen molar-refractivity contribution in [1.82, 2.24) is 9.55 Å². The van der Waals surface area contributed by atoms with E-state index in [9.17, 15) is 4.79 Å². The average molecular weight is 324 g/mol. The predicted octanol–water partition coefficient (Wildman–Crippen LogP) is 3.64. The maximum absolute atomic E-state index is 10.7. The quantitative estimate of drug-likeness (QED) is 0.405. The molecule has 0 radical (unpaired) electrons. The van der Waals surface area contributed by atoms with E-state index in [1.165, 1.54) is 0 Å². The minimum atomic E-state index is -1.10. The minimum Gasteiger partial charge on any atom is -0.478 e. The molecule has 0 spiro atoms. The van der Waals surface area contributed by atoms with Crippen LogP contribution < -0.4 is 0 Å². The molecule has 1 heterocycles. The summed E-state index contributed by atoms with van der Waals surface area (Å²) in [7, 11) is -1.10. The van der Waals surface area contributed by atoms with E-state index in [-0.39, 0.29) is 0 Å². The summed E-state index contributed by atoms with van der Waals surface area (Å²) in [6.07, 6.45) is 7.48. The SMILES string of the molecule is CCCCc1ncc(C=CC(=O)O)n1COCC[Si](C)(C)C. The van der Waals surface area contributed by atoms with Gasteiger partial charge in [-0.15, -0.1) is 0 Å². The number of imidazole rings is 1. The zero-order valence-electron chi connectivity index (χ0n) is 14.1. The molecule has 1 aromatic rings. The number of rotatable bonds is 10. The molecule has 0 aliphatic carbocycles. The van der Waals surface area contributed by atoms with Crippen LogP contribution in [0.4, 0.5) is 0 Å². The van der Waals surface area contributed by atoms with Crippen molar-refractivity contribution in [3.05, 3.63) is 23.8 Å². The van der Waals surface area contributed by atoms with Gasteiger partial charge in [-0.25, -0.2) is 9.78 Å². The fourth-order valence-corrected chi connectivity index (χ4v) is 2.69. The number of nitrogens with zero attached hydrogens (tertiary/aromatic N) is 2. The van der Waals surface area contributed by atoms with Gasteiger partial charge in [0.2, 0.25) is 0 Å². The molecule has 0 aliphatic heterocycles. The van der Waals surface area contributed by atoms with Gasteiger partial charge >= 0.3 is 5.97 Å². The Hall–Kier alpha value is -1.40. The number of unbranched alkanes of at least 4 members (excludes halogenated alkanes) is 1. The molecule has 124 valence electrons. The highest BCUT2D eigenvalue weighted by Crippen LogP contribution is 2.13. The van der Waals surface area contributed by atoms with Crippen LogP contribution in [0.15, 0.2) is 12.3 Å². The van der Waals surface area contributed by atoms with Crippen molar-refractivity contribution in [2.24, 2.45) is 0 Å². The lowest BCUT2D eigenvalue weighted by Crippen LogP contribution is -2.22. The minimum absolute atomic E-state index is 0.433. The number of aliphatic carboxylic acids is 1.